The first-order valence-electron chi connectivity index (χ1n) is 10.5. The van der Waals surface area contributed by atoms with E-state index in [1.54, 1.807) is 10.9 Å². The summed E-state index contributed by atoms with van der Waals surface area (Å²) >= 11 is 0. The second-order valence-electron chi connectivity index (χ2n) is 7.95. The van der Waals surface area contributed by atoms with Crippen LogP contribution in [0, 0.1) is 5.92 Å². The van der Waals surface area contributed by atoms with Crippen LogP contribution >= 0.6 is 0 Å². The zero-order valence-electron chi connectivity index (χ0n) is 16.4. The SMILES string of the molecule is O=C([C@H]1CC[C@H](Nc2nccc(-n3nnc4ccccc43)n2)CC1)N1CCCC1. The molecular formula is C21H25N7O. The highest BCUT2D eigenvalue weighted by Gasteiger charge is 2.30. The lowest BCUT2D eigenvalue weighted by molar-refractivity contribution is -0.135. The minimum absolute atomic E-state index is 0.180. The Balaban J connectivity index is 1.24. The van der Waals surface area contributed by atoms with Crippen LogP contribution in [0.4, 0.5) is 5.95 Å². The molecule has 5 rings (SSSR count). The second kappa shape index (κ2) is 7.77. The standard InChI is InChI=1S/C21H25N7O/c29-20(27-13-3-4-14-27)15-7-9-16(10-8-15)23-21-22-12-11-19(24-21)28-18-6-2-1-5-17(18)25-26-28/h1-2,5-6,11-12,15-16H,3-4,7-10,13-14H2,(H,22,23,24)/t15-,16-. The van der Waals surface area contributed by atoms with E-state index in [4.69, 9.17) is 0 Å². The van der Waals surface area contributed by atoms with Crippen molar-refractivity contribution in [2.75, 3.05) is 18.4 Å². The predicted octanol–water partition coefficient (Wildman–Crippen LogP) is 2.80. The van der Waals surface area contributed by atoms with E-state index in [1.807, 2.05) is 35.2 Å². The lowest BCUT2D eigenvalue weighted by atomic mass is 9.85. The van der Waals surface area contributed by atoms with Gasteiger partial charge in [0.1, 0.15) is 5.52 Å². The van der Waals surface area contributed by atoms with Gasteiger partial charge in [0.15, 0.2) is 5.82 Å². The Kier molecular flexibility index (Phi) is 4.83. The molecule has 0 radical (unpaired) electrons. The van der Waals surface area contributed by atoms with Crippen LogP contribution in [-0.2, 0) is 4.79 Å². The van der Waals surface area contributed by atoms with E-state index in [9.17, 15) is 4.79 Å². The van der Waals surface area contributed by atoms with Gasteiger partial charge in [0.2, 0.25) is 11.9 Å². The van der Waals surface area contributed by atoms with E-state index in [2.05, 4.69) is 25.6 Å². The number of nitrogens with one attached hydrogen (secondary N) is 1. The van der Waals surface area contributed by atoms with Crippen molar-refractivity contribution < 1.29 is 4.79 Å². The van der Waals surface area contributed by atoms with Gasteiger partial charge in [-0.25, -0.2) is 4.98 Å². The number of aromatic nitrogens is 5. The molecule has 8 heteroatoms. The van der Waals surface area contributed by atoms with Gasteiger partial charge in [0.25, 0.3) is 0 Å². The van der Waals surface area contributed by atoms with Crippen molar-refractivity contribution in [1.82, 2.24) is 29.9 Å². The lowest BCUT2D eigenvalue weighted by Crippen LogP contribution is -2.37. The molecule has 1 saturated heterocycles. The number of amides is 1. The number of anilines is 1. The molecule has 0 atom stereocenters. The van der Waals surface area contributed by atoms with Gasteiger partial charge >= 0.3 is 0 Å². The van der Waals surface area contributed by atoms with Gasteiger partial charge in [-0.1, -0.05) is 17.3 Å². The van der Waals surface area contributed by atoms with Crippen LogP contribution in [0.15, 0.2) is 36.5 Å². The molecule has 3 heterocycles. The van der Waals surface area contributed by atoms with Crippen LogP contribution in [0.2, 0.25) is 0 Å². The monoisotopic (exact) mass is 391 g/mol. The summed E-state index contributed by atoms with van der Waals surface area (Å²) in [5, 5.41) is 11.9. The first kappa shape index (κ1) is 18.0. The Morgan fingerprint density at radius 2 is 1.83 bits per heavy atom. The highest BCUT2D eigenvalue weighted by Crippen LogP contribution is 2.28. The Bertz CT molecular complexity index is 1000. The van der Waals surface area contributed by atoms with Crippen molar-refractivity contribution in [3.05, 3.63) is 36.5 Å². The van der Waals surface area contributed by atoms with Gasteiger partial charge in [-0.2, -0.15) is 9.67 Å². The van der Waals surface area contributed by atoms with Crippen LogP contribution in [0.25, 0.3) is 16.9 Å². The van der Waals surface area contributed by atoms with Crippen molar-refractivity contribution in [1.29, 1.82) is 0 Å². The molecule has 1 aliphatic heterocycles. The van der Waals surface area contributed by atoms with Crippen LogP contribution < -0.4 is 5.32 Å². The molecule has 2 aliphatic rings. The predicted molar refractivity (Wildman–Crippen MR) is 110 cm³/mol. The Morgan fingerprint density at radius 1 is 1.03 bits per heavy atom. The molecule has 2 fully saturated rings. The molecular weight excluding hydrogens is 366 g/mol. The fourth-order valence-electron chi connectivity index (χ4n) is 4.44. The molecule has 1 N–H and O–H groups in total. The van der Waals surface area contributed by atoms with E-state index in [1.165, 1.54) is 0 Å². The molecule has 1 aromatic carbocycles. The van der Waals surface area contributed by atoms with Gasteiger partial charge in [-0.05, 0) is 50.7 Å². The lowest BCUT2D eigenvalue weighted by Gasteiger charge is -2.30. The first-order chi connectivity index (χ1) is 14.3. The van der Waals surface area contributed by atoms with Gasteiger partial charge in [0, 0.05) is 37.3 Å². The number of carbonyl (C=O) groups is 1. The van der Waals surface area contributed by atoms with Gasteiger partial charge in [0.05, 0.1) is 5.52 Å². The summed E-state index contributed by atoms with van der Waals surface area (Å²) in [6.45, 7) is 1.88. The smallest absolute Gasteiger partial charge is 0.225 e. The number of rotatable bonds is 4. The molecule has 1 amide bonds. The number of likely N-dealkylation sites (tertiary alicyclic amines) is 1. The number of benzene rings is 1. The van der Waals surface area contributed by atoms with Crippen molar-refractivity contribution in [2.45, 2.75) is 44.6 Å². The number of hydrogen-bond acceptors (Lipinski definition) is 6. The molecule has 29 heavy (non-hydrogen) atoms. The molecule has 0 unspecified atom stereocenters. The third-order valence-corrected chi connectivity index (χ3v) is 6.04. The van der Waals surface area contributed by atoms with Crippen LogP contribution in [0.5, 0.6) is 0 Å². The minimum atomic E-state index is 0.180. The quantitative estimate of drug-likeness (QED) is 0.736. The van der Waals surface area contributed by atoms with E-state index < -0.39 is 0 Å². The Hall–Kier alpha value is -3.03. The van der Waals surface area contributed by atoms with Crippen LogP contribution in [-0.4, -0.2) is 54.9 Å². The number of hydrogen-bond donors (Lipinski definition) is 1. The highest BCUT2D eigenvalue weighted by molar-refractivity contribution is 5.79. The molecule has 8 nitrogen and oxygen atoms in total. The summed E-state index contributed by atoms with van der Waals surface area (Å²) in [6, 6.07) is 9.94. The number of carbonyl (C=O) groups excluding carboxylic acids is 1. The Morgan fingerprint density at radius 3 is 2.66 bits per heavy atom. The van der Waals surface area contributed by atoms with Gasteiger partial charge < -0.3 is 10.2 Å². The van der Waals surface area contributed by atoms with Gasteiger partial charge in [-0.15, -0.1) is 5.10 Å². The molecule has 150 valence electrons. The molecule has 1 saturated carbocycles. The van der Waals surface area contributed by atoms with E-state index in [0.717, 1.165) is 62.6 Å². The average molecular weight is 391 g/mol. The van der Waals surface area contributed by atoms with Crippen molar-refractivity contribution in [2.24, 2.45) is 5.92 Å². The zero-order chi connectivity index (χ0) is 19.6. The van der Waals surface area contributed by atoms with Crippen LogP contribution in [0.1, 0.15) is 38.5 Å². The summed E-state index contributed by atoms with van der Waals surface area (Å²) in [5.41, 5.74) is 1.75. The third kappa shape index (κ3) is 3.66. The molecule has 2 aromatic heterocycles. The topological polar surface area (TPSA) is 88.8 Å². The van der Waals surface area contributed by atoms with E-state index >= 15 is 0 Å². The van der Waals surface area contributed by atoms with Crippen molar-refractivity contribution in [3.8, 4) is 5.82 Å². The van der Waals surface area contributed by atoms with E-state index in [-0.39, 0.29) is 5.92 Å². The van der Waals surface area contributed by atoms with Gasteiger partial charge in [-0.3, -0.25) is 4.79 Å². The summed E-state index contributed by atoms with van der Waals surface area (Å²) in [5.74, 6) is 1.82. The average Bonchev–Trinajstić information content (AvgIpc) is 3.44. The summed E-state index contributed by atoms with van der Waals surface area (Å²) in [6.07, 6.45) is 7.83. The van der Waals surface area contributed by atoms with E-state index in [0.29, 0.717) is 23.7 Å². The van der Waals surface area contributed by atoms with Crippen LogP contribution in [0.3, 0.4) is 0 Å². The molecule has 3 aromatic rings. The largest absolute Gasteiger partial charge is 0.351 e. The summed E-state index contributed by atoms with van der Waals surface area (Å²) in [4.78, 5) is 23.7. The fraction of sp³-hybridized carbons (Fsp3) is 0.476. The number of fused-ring (bicyclic) bond motifs is 1. The maximum atomic E-state index is 12.6. The summed E-state index contributed by atoms with van der Waals surface area (Å²) in [7, 11) is 0. The zero-order valence-corrected chi connectivity index (χ0v) is 16.4. The number of para-hydroxylation sites is 1. The first-order valence-corrected chi connectivity index (χ1v) is 10.5. The molecule has 0 spiro atoms. The maximum absolute atomic E-state index is 12.6. The second-order valence-corrected chi connectivity index (χ2v) is 7.95. The van der Waals surface area contributed by atoms with Crippen molar-refractivity contribution >= 4 is 22.9 Å². The fourth-order valence-corrected chi connectivity index (χ4v) is 4.44. The molecule has 0 bridgehead atoms. The number of nitrogens with zero attached hydrogens (tertiary/aromatic N) is 6. The molecule has 1 aliphatic carbocycles. The minimum Gasteiger partial charge on any atom is -0.351 e. The van der Waals surface area contributed by atoms with Crippen molar-refractivity contribution in [3.63, 3.8) is 0 Å². The maximum Gasteiger partial charge on any atom is 0.225 e. The Labute approximate surface area is 169 Å². The highest BCUT2D eigenvalue weighted by atomic mass is 16.2. The summed E-state index contributed by atoms with van der Waals surface area (Å²) < 4.78 is 1.73. The normalized spacial score (nSPS) is 22.1. The third-order valence-electron chi connectivity index (χ3n) is 6.04.